The SMILES string of the molecule is COCc1ccccc1-c1ccc(-c2nc(-c3ccc(C(N)=O)c(F)c3)no2)cc1C. The number of nitrogens with two attached hydrogens (primary N) is 1. The molecule has 1 heterocycles. The van der Waals surface area contributed by atoms with Gasteiger partial charge in [0.1, 0.15) is 5.82 Å². The number of rotatable bonds is 6. The lowest BCUT2D eigenvalue weighted by atomic mass is 9.95. The zero-order valence-corrected chi connectivity index (χ0v) is 17.1. The van der Waals surface area contributed by atoms with Gasteiger partial charge in [-0.2, -0.15) is 4.98 Å². The monoisotopic (exact) mass is 417 g/mol. The molecule has 1 amide bonds. The Bertz CT molecular complexity index is 1270. The van der Waals surface area contributed by atoms with E-state index in [9.17, 15) is 9.18 Å². The van der Waals surface area contributed by atoms with E-state index < -0.39 is 11.7 Å². The fourth-order valence-electron chi connectivity index (χ4n) is 3.48. The van der Waals surface area contributed by atoms with Crippen LogP contribution in [0.2, 0.25) is 0 Å². The van der Waals surface area contributed by atoms with E-state index in [1.807, 2.05) is 43.3 Å². The molecule has 0 saturated carbocycles. The second-order valence-electron chi connectivity index (χ2n) is 7.10. The Labute approximate surface area is 178 Å². The molecule has 31 heavy (non-hydrogen) atoms. The van der Waals surface area contributed by atoms with Crippen molar-refractivity contribution in [3.63, 3.8) is 0 Å². The van der Waals surface area contributed by atoms with Crippen molar-refractivity contribution >= 4 is 5.91 Å². The van der Waals surface area contributed by atoms with Crippen molar-refractivity contribution in [2.24, 2.45) is 5.73 Å². The van der Waals surface area contributed by atoms with Gasteiger partial charge in [-0.05, 0) is 53.4 Å². The maximum absolute atomic E-state index is 14.1. The van der Waals surface area contributed by atoms with Gasteiger partial charge in [0.2, 0.25) is 5.82 Å². The predicted molar refractivity (Wildman–Crippen MR) is 115 cm³/mol. The maximum atomic E-state index is 14.1. The minimum Gasteiger partial charge on any atom is -0.380 e. The molecule has 2 N–H and O–H groups in total. The molecule has 1 aromatic heterocycles. The van der Waals surface area contributed by atoms with Crippen LogP contribution in [0, 0.1) is 12.7 Å². The van der Waals surface area contributed by atoms with Crippen molar-refractivity contribution in [1.82, 2.24) is 10.1 Å². The molecule has 0 fully saturated rings. The average Bonchev–Trinajstić information content (AvgIpc) is 3.24. The number of carbonyl (C=O) groups excluding carboxylic acids is 1. The molecule has 0 aliphatic carbocycles. The van der Waals surface area contributed by atoms with Gasteiger partial charge in [0.05, 0.1) is 12.2 Å². The highest BCUT2D eigenvalue weighted by molar-refractivity contribution is 5.93. The molecule has 6 nitrogen and oxygen atoms in total. The summed E-state index contributed by atoms with van der Waals surface area (Å²) in [7, 11) is 1.67. The highest BCUT2D eigenvalue weighted by Crippen LogP contribution is 2.31. The lowest BCUT2D eigenvalue weighted by Crippen LogP contribution is -2.12. The molecule has 7 heteroatoms. The summed E-state index contributed by atoms with van der Waals surface area (Å²) < 4.78 is 24.8. The number of hydrogen-bond acceptors (Lipinski definition) is 5. The predicted octanol–water partition coefficient (Wildman–Crippen LogP) is 4.76. The summed E-state index contributed by atoms with van der Waals surface area (Å²) in [4.78, 5) is 15.6. The topological polar surface area (TPSA) is 91.2 Å². The summed E-state index contributed by atoms with van der Waals surface area (Å²) in [5, 5.41) is 3.94. The molecule has 0 bridgehead atoms. The summed E-state index contributed by atoms with van der Waals surface area (Å²) in [6.45, 7) is 2.53. The van der Waals surface area contributed by atoms with Crippen molar-refractivity contribution in [3.8, 4) is 34.0 Å². The van der Waals surface area contributed by atoms with E-state index in [0.29, 0.717) is 18.1 Å². The van der Waals surface area contributed by atoms with E-state index >= 15 is 0 Å². The molecule has 3 aromatic carbocycles. The minimum absolute atomic E-state index is 0.188. The number of hydrogen-bond donors (Lipinski definition) is 1. The lowest BCUT2D eigenvalue weighted by molar-refractivity contribution is 0.0996. The number of nitrogens with zero attached hydrogens (tertiary/aromatic N) is 2. The van der Waals surface area contributed by atoms with E-state index in [2.05, 4.69) is 16.2 Å². The van der Waals surface area contributed by atoms with Gasteiger partial charge in [-0.3, -0.25) is 4.79 Å². The van der Waals surface area contributed by atoms with Crippen molar-refractivity contribution in [1.29, 1.82) is 0 Å². The zero-order valence-electron chi connectivity index (χ0n) is 17.1. The second-order valence-corrected chi connectivity index (χ2v) is 7.10. The number of aromatic nitrogens is 2. The van der Waals surface area contributed by atoms with Gasteiger partial charge in [0, 0.05) is 18.2 Å². The molecular weight excluding hydrogens is 397 g/mol. The standard InChI is InChI=1S/C24H20FN3O3/c1-14-11-16(8-9-18(14)19-6-4-3-5-17(19)13-30-2)24-27-23(28-31-24)15-7-10-20(22(26)29)21(25)12-15/h3-12H,13H2,1-2H3,(H2,26,29). The fourth-order valence-corrected chi connectivity index (χ4v) is 3.48. The van der Waals surface area contributed by atoms with Crippen LogP contribution >= 0.6 is 0 Å². The zero-order chi connectivity index (χ0) is 22.0. The van der Waals surface area contributed by atoms with Crippen LogP contribution in [0.1, 0.15) is 21.5 Å². The quantitative estimate of drug-likeness (QED) is 0.488. The first-order valence-electron chi connectivity index (χ1n) is 9.59. The third-order valence-corrected chi connectivity index (χ3v) is 5.00. The van der Waals surface area contributed by atoms with Gasteiger partial charge in [0.15, 0.2) is 0 Å². The van der Waals surface area contributed by atoms with Crippen molar-refractivity contribution in [2.75, 3.05) is 7.11 Å². The van der Waals surface area contributed by atoms with Crippen LogP contribution in [0.3, 0.4) is 0 Å². The van der Waals surface area contributed by atoms with Crippen molar-refractivity contribution in [2.45, 2.75) is 13.5 Å². The maximum Gasteiger partial charge on any atom is 0.258 e. The summed E-state index contributed by atoms with van der Waals surface area (Å²) in [6, 6.07) is 17.9. The first-order chi connectivity index (χ1) is 15.0. The first kappa shape index (κ1) is 20.4. The summed E-state index contributed by atoms with van der Waals surface area (Å²) in [6.07, 6.45) is 0. The number of aryl methyl sites for hydroxylation is 1. The Morgan fingerprint density at radius 1 is 1.06 bits per heavy atom. The van der Waals surface area contributed by atoms with E-state index in [1.165, 1.54) is 12.1 Å². The average molecular weight is 417 g/mol. The lowest BCUT2D eigenvalue weighted by Gasteiger charge is -2.12. The van der Waals surface area contributed by atoms with Crippen LogP contribution in [0.25, 0.3) is 34.0 Å². The molecular formula is C24H20FN3O3. The largest absolute Gasteiger partial charge is 0.380 e. The van der Waals surface area contributed by atoms with Crippen LogP contribution in [0.15, 0.2) is 65.2 Å². The van der Waals surface area contributed by atoms with Crippen LogP contribution in [-0.2, 0) is 11.3 Å². The van der Waals surface area contributed by atoms with Crippen LogP contribution in [0.5, 0.6) is 0 Å². The molecule has 0 aliphatic heterocycles. The van der Waals surface area contributed by atoms with Crippen molar-refractivity contribution < 1.29 is 18.4 Å². The Balaban J connectivity index is 1.65. The van der Waals surface area contributed by atoms with E-state index in [-0.39, 0.29) is 11.4 Å². The Hall–Kier alpha value is -3.84. The molecule has 156 valence electrons. The number of ether oxygens (including phenoxy) is 1. The normalized spacial score (nSPS) is 10.9. The number of methoxy groups -OCH3 is 1. The van der Waals surface area contributed by atoms with Gasteiger partial charge < -0.3 is 15.0 Å². The number of halogens is 1. The van der Waals surface area contributed by atoms with E-state index in [4.69, 9.17) is 15.0 Å². The van der Waals surface area contributed by atoms with Crippen LogP contribution < -0.4 is 5.73 Å². The molecule has 0 spiro atoms. The summed E-state index contributed by atoms with van der Waals surface area (Å²) in [5.74, 6) is -1.03. The number of primary amides is 1. The first-order valence-corrected chi connectivity index (χ1v) is 9.59. The summed E-state index contributed by atoms with van der Waals surface area (Å²) in [5.41, 5.74) is 10.4. The van der Waals surface area contributed by atoms with Gasteiger partial charge >= 0.3 is 0 Å². The molecule has 0 atom stereocenters. The Morgan fingerprint density at radius 3 is 2.55 bits per heavy atom. The highest BCUT2D eigenvalue weighted by atomic mass is 19.1. The smallest absolute Gasteiger partial charge is 0.258 e. The number of benzene rings is 3. The van der Waals surface area contributed by atoms with Gasteiger partial charge in [-0.25, -0.2) is 4.39 Å². The Kier molecular flexibility index (Phi) is 5.60. The second kappa shape index (κ2) is 8.49. The van der Waals surface area contributed by atoms with Crippen LogP contribution in [0.4, 0.5) is 4.39 Å². The van der Waals surface area contributed by atoms with Crippen molar-refractivity contribution in [3.05, 3.63) is 83.2 Å². The molecule has 4 rings (SSSR count). The molecule has 0 saturated heterocycles. The highest BCUT2D eigenvalue weighted by Gasteiger charge is 2.16. The number of carbonyl (C=O) groups is 1. The number of amides is 1. The Morgan fingerprint density at radius 2 is 1.84 bits per heavy atom. The fraction of sp³-hybridized carbons (Fsp3) is 0.125. The molecule has 0 unspecified atom stereocenters. The third kappa shape index (κ3) is 4.08. The van der Waals surface area contributed by atoms with Gasteiger partial charge in [-0.15, -0.1) is 0 Å². The van der Waals surface area contributed by atoms with Gasteiger partial charge in [-0.1, -0.05) is 41.6 Å². The molecule has 4 aromatic rings. The molecule has 0 aliphatic rings. The van der Waals surface area contributed by atoms with E-state index in [1.54, 1.807) is 7.11 Å². The molecule has 0 radical (unpaired) electrons. The van der Waals surface area contributed by atoms with Gasteiger partial charge in [0.25, 0.3) is 11.8 Å². The minimum atomic E-state index is -0.833. The third-order valence-electron chi connectivity index (χ3n) is 5.00. The summed E-state index contributed by atoms with van der Waals surface area (Å²) >= 11 is 0. The van der Waals surface area contributed by atoms with Crippen LogP contribution in [-0.4, -0.2) is 23.2 Å². The van der Waals surface area contributed by atoms with E-state index in [0.717, 1.165) is 33.9 Å².